The number of carbonyl (C=O) groups excluding carboxylic acids is 1. The molecule has 1 aliphatic carbocycles. The van der Waals surface area contributed by atoms with Gasteiger partial charge in [-0.2, -0.15) is 18.4 Å². The van der Waals surface area contributed by atoms with Crippen molar-refractivity contribution in [3.63, 3.8) is 0 Å². The van der Waals surface area contributed by atoms with Crippen LogP contribution in [0.25, 0.3) is 11.1 Å². The Kier molecular flexibility index (Phi) is 7.78. The van der Waals surface area contributed by atoms with E-state index in [1.54, 1.807) is 36.1 Å². The van der Waals surface area contributed by atoms with Gasteiger partial charge in [0.15, 0.2) is 0 Å². The van der Waals surface area contributed by atoms with Gasteiger partial charge in [0.1, 0.15) is 17.5 Å². The van der Waals surface area contributed by atoms with Gasteiger partial charge >= 0.3 is 12.1 Å². The number of hydrogen-bond acceptors (Lipinski definition) is 6. The highest BCUT2D eigenvalue weighted by molar-refractivity contribution is 7.03. The molecule has 3 aromatic heterocycles. The molecule has 0 saturated heterocycles. The third-order valence-electron chi connectivity index (χ3n) is 6.55. The standard InChI is InChI=1S/C26H26F3N5O2S/c1-16(2)13-33-14-19(20-12-32-37-15-20)9-23(24(33)35)34(25(36)26(27,28)29)22-7-4-17(5-8-22)18-3-6-21(10-30)31-11-18/h3,6,9,11-12,14-17,22H,4-5,7-8,13H2,1-2H3/t17-,22+. The molecule has 1 saturated carbocycles. The minimum Gasteiger partial charge on any atom is -0.313 e. The van der Waals surface area contributed by atoms with Crippen molar-refractivity contribution in [3.05, 3.63) is 63.8 Å². The second kappa shape index (κ2) is 10.8. The summed E-state index contributed by atoms with van der Waals surface area (Å²) in [6, 6.07) is 5.97. The number of rotatable bonds is 6. The van der Waals surface area contributed by atoms with Crippen LogP contribution >= 0.6 is 11.5 Å². The van der Waals surface area contributed by atoms with Crippen molar-refractivity contribution in [2.75, 3.05) is 4.90 Å². The lowest BCUT2D eigenvalue weighted by atomic mass is 9.81. The number of nitriles is 1. The Morgan fingerprint density at radius 1 is 1.22 bits per heavy atom. The van der Waals surface area contributed by atoms with Crippen LogP contribution in [-0.2, 0) is 11.3 Å². The lowest BCUT2D eigenvalue weighted by molar-refractivity contribution is -0.171. The van der Waals surface area contributed by atoms with Crippen LogP contribution in [0, 0.1) is 17.2 Å². The Morgan fingerprint density at radius 3 is 2.49 bits per heavy atom. The number of anilines is 1. The predicted molar refractivity (Wildman–Crippen MR) is 134 cm³/mol. The molecule has 0 unspecified atom stereocenters. The minimum absolute atomic E-state index is 0.0418. The van der Waals surface area contributed by atoms with E-state index in [1.807, 2.05) is 19.9 Å². The van der Waals surface area contributed by atoms with Gasteiger partial charge in [0.25, 0.3) is 5.56 Å². The van der Waals surface area contributed by atoms with Crippen LogP contribution in [0.4, 0.5) is 18.9 Å². The number of pyridine rings is 2. The molecule has 0 atom stereocenters. The number of alkyl halides is 3. The van der Waals surface area contributed by atoms with Crippen molar-refractivity contribution in [3.8, 4) is 17.2 Å². The van der Waals surface area contributed by atoms with E-state index < -0.39 is 23.7 Å². The van der Waals surface area contributed by atoms with E-state index in [9.17, 15) is 22.8 Å². The van der Waals surface area contributed by atoms with Gasteiger partial charge in [-0.3, -0.25) is 14.5 Å². The summed E-state index contributed by atoms with van der Waals surface area (Å²) < 4.78 is 46.9. The Hall–Kier alpha value is -3.52. The summed E-state index contributed by atoms with van der Waals surface area (Å²) in [6.45, 7) is 4.11. The second-order valence-electron chi connectivity index (χ2n) is 9.65. The highest BCUT2D eigenvalue weighted by Crippen LogP contribution is 2.38. The summed E-state index contributed by atoms with van der Waals surface area (Å²) in [5.74, 6) is -1.94. The van der Waals surface area contributed by atoms with Crippen molar-refractivity contribution in [1.29, 1.82) is 5.26 Å². The molecule has 1 fully saturated rings. The summed E-state index contributed by atoms with van der Waals surface area (Å²) >= 11 is 1.19. The van der Waals surface area contributed by atoms with E-state index in [0.29, 0.717) is 48.3 Å². The summed E-state index contributed by atoms with van der Waals surface area (Å²) in [7, 11) is 0. The fourth-order valence-electron chi connectivity index (χ4n) is 4.82. The number of carbonyl (C=O) groups is 1. The molecule has 194 valence electrons. The molecule has 37 heavy (non-hydrogen) atoms. The Balaban J connectivity index is 1.72. The number of amides is 1. The van der Waals surface area contributed by atoms with Crippen molar-refractivity contribution in [2.45, 2.75) is 64.2 Å². The van der Waals surface area contributed by atoms with Crippen LogP contribution < -0.4 is 10.5 Å². The largest absolute Gasteiger partial charge is 0.471 e. The first-order valence-corrected chi connectivity index (χ1v) is 12.8. The molecule has 3 aromatic rings. The summed E-state index contributed by atoms with van der Waals surface area (Å²) in [5, 5.41) is 10.7. The molecule has 1 aliphatic rings. The van der Waals surface area contributed by atoms with Crippen LogP contribution in [0.2, 0.25) is 0 Å². The minimum atomic E-state index is -5.14. The molecular weight excluding hydrogens is 503 g/mol. The maximum Gasteiger partial charge on any atom is 0.471 e. The zero-order chi connectivity index (χ0) is 26.7. The number of halogens is 3. The first-order valence-electron chi connectivity index (χ1n) is 12.0. The number of aromatic nitrogens is 3. The summed E-state index contributed by atoms with van der Waals surface area (Å²) in [6.07, 6.45) is 1.30. The number of hydrogen-bond donors (Lipinski definition) is 0. The van der Waals surface area contributed by atoms with Gasteiger partial charge in [0, 0.05) is 47.7 Å². The van der Waals surface area contributed by atoms with Gasteiger partial charge < -0.3 is 4.57 Å². The van der Waals surface area contributed by atoms with Crippen LogP contribution in [0.1, 0.15) is 56.7 Å². The molecule has 0 bridgehead atoms. The molecule has 7 nitrogen and oxygen atoms in total. The van der Waals surface area contributed by atoms with Gasteiger partial charge in [0.2, 0.25) is 0 Å². The van der Waals surface area contributed by atoms with Crippen molar-refractivity contribution in [2.24, 2.45) is 5.92 Å². The molecule has 1 amide bonds. The van der Waals surface area contributed by atoms with Gasteiger partial charge in [-0.05, 0) is 66.7 Å². The molecule has 0 aromatic carbocycles. The summed E-state index contributed by atoms with van der Waals surface area (Å²) in [5.41, 5.74) is 1.49. The zero-order valence-electron chi connectivity index (χ0n) is 20.4. The van der Waals surface area contributed by atoms with Crippen LogP contribution in [0.5, 0.6) is 0 Å². The third kappa shape index (κ3) is 5.91. The van der Waals surface area contributed by atoms with E-state index in [2.05, 4.69) is 9.36 Å². The van der Waals surface area contributed by atoms with E-state index in [1.165, 1.54) is 22.2 Å². The monoisotopic (exact) mass is 529 g/mol. The van der Waals surface area contributed by atoms with Gasteiger partial charge in [-0.1, -0.05) is 19.9 Å². The topological polar surface area (TPSA) is 91.9 Å². The Morgan fingerprint density at radius 2 is 1.95 bits per heavy atom. The molecule has 0 aliphatic heterocycles. The molecule has 4 rings (SSSR count). The molecule has 11 heteroatoms. The SMILES string of the molecule is CC(C)Cn1cc(-c2cnsc2)cc(N(C(=O)C(F)(F)F)[C@H]2CC[C@@H](c3ccc(C#N)nc3)CC2)c1=O. The van der Waals surface area contributed by atoms with Crippen molar-refractivity contribution < 1.29 is 18.0 Å². The molecule has 0 radical (unpaired) electrons. The summed E-state index contributed by atoms with van der Waals surface area (Å²) in [4.78, 5) is 31.0. The average Bonchev–Trinajstić information content (AvgIpc) is 3.41. The van der Waals surface area contributed by atoms with Crippen LogP contribution in [0.15, 0.2) is 47.0 Å². The number of nitrogens with zero attached hydrogens (tertiary/aromatic N) is 5. The maximum atomic E-state index is 13.8. The quantitative estimate of drug-likeness (QED) is 0.420. The molecule has 0 spiro atoms. The predicted octanol–water partition coefficient (Wildman–Crippen LogP) is 5.52. The fourth-order valence-corrected chi connectivity index (χ4v) is 5.36. The van der Waals surface area contributed by atoms with Crippen molar-refractivity contribution in [1.82, 2.24) is 13.9 Å². The van der Waals surface area contributed by atoms with Gasteiger partial charge in [0.05, 0.1) is 0 Å². The smallest absolute Gasteiger partial charge is 0.313 e. The van der Waals surface area contributed by atoms with E-state index >= 15 is 0 Å². The van der Waals surface area contributed by atoms with Gasteiger partial charge in [-0.25, -0.2) is 9.36 Å². The van der Waals surface area contributed by atoms with E-state index in [-0.39, 0.29) is 23.2 Å². The fraction of sp³-hybridized carbons (Fsp3) is 0.423. The normalized spacial score (nSPS) is 18.0. The first kappa shape index (κ1) is 26.5. The molecule has 0 N–H and O–H groups in total. The Labute approximate surface area is 216 Å². The lowest BCUT2D eigenvalue weighted by Gasteiger charge is -2.37. The third-order valence-corrected chi connectivity index (χ3v) is 7.14. The van der Waals surface area contributed by atoms with Crippen LogP contribution in [-0.4, -0.2) is 32.0 Å². The first-order chi connectivity index (χ1) is 17.6. The highest BCUT2D eigenvalue weighted by Gasteiger charge is 2.47. The molecular formula is C26H26F3N5O2S. The Bertz CT molecular complexity index is 1340. The van der Waals surface area contributed by atoms with E-state index in [4.69, 9.17) is 5.26 Å². The lowest BCUT2D eigenvalue weighted by Crippen LogP contribution is -2.51. The highest BCUT2D eigenvalue weighted by atomic mass is 32.1. The zero-order valence-corrected chi connectivity index (χ0v) is 21.2. The van der Waals surface area contributed by atoms with Crippen molar-refractivity contribution >= 4 is 23.1 Å². The average molecular weight is 530 g/mol. The molecule has 3 heterocycles. The van der Waals surface area contributed by atoms with E-state index in [0.717, 1.165) is 5.56 Å². The van der Waals surface area contributed by atoms with Gasteiger partial charge in [-0.15, -0.1) is 0 Å². The second-order valence-corrected chi connectivity index (χ2v) is 10.3. The van der Waals surface area contributed by atoms with Crippen LogP contribution in [0.3, 0.4) is 0 Å². The maximum absolute atomic E-state index is 13.8.